The standard InChI is InChI=1S/C17H23N5O2/c1-10(2)6-14-19-20-15-7-12-4-5-13(8-21(14)15)22(12)17(23)16-11(3)18-9-24-16/h9-10,12-13H,4-8H2,1-3H3/t12-,13+/m0/s1. The molecule has 1 fully saturated rings. The van der Waals surface area contributed by atoms with Gasteiger partial charge in [0, 0.05) is 25.4 Å². The molecule has 0 aromatic carbocycles. The van der Waals surface area contributed by atoms with E-state index in [0.29, 0.717) is 17.4 Å². The first kappa shape index (κ1) is 15.4. The van der Waals surface area contributed by atoms with Crippen LogP contribution in [0.1, 0.15) is 54.6 Å². The van der Waals surface area contributed by atoms with Gasteiger partial charge in [0.25, 0.3) is 5.91 Å². The SMILES string of the molecule is Cc1ncoc1C(=O)N1[C@@H]2CC[C@H]1Cc1nnc(CC(C)C)n1C2. The summed E-state index contributed by atoms with van der Waals surface area (Å²) in [4.78, 5) is 19.0. The van der Waals surface area contributed by atoms with Crippen molar-refractivity contribution < 1.29 is 9.21 Å². The van der Waals surface area contributed by atoms with E-state index in [0.717, 1.165) is 43.9 Å². The van der Waals surface area contributed by atoms with Crippen LogP contribution in [-0.4, -0.2) is 42.6 Å². The summed E-state index contributed by atoms with van der Waals surface area (Å²) in [5.74, 6) is 2.91. The van der Waals surface area contributed by atoms with Crippen molar-refractivity contribution in [3.63, 3.8) is 0 Å². The average Bonchev–Trinajstić information content (AvgIpc) is 3.17. The number of nitrogens with zero attached hydrogens (tertiary/aromatic N) is 5. The van der Waals surface area contributed by atoms with Gasteiger partial charge in [-0.25, -0.2) is 4.98 Å². The van der Waals surface area contributed by atoms with Gasteiger partial charge in [-0.3, -0.25) is 4.79 Å². The molecule has 0 aliphatic carbocycles. The minimum atomic E-state index is -0.0402. The zero-order valence-electron chi connectivity index (χ0n) is 14.4. The summed E-state index contributed by atoms with van der Waals surface area (Å²) in [7, 11) is 0. The number of oxazole rings is 1. The number of fused-ring (bicyclic) bond motifs is 3. The summed E-state index contributed by atoms with van der Waals surface area (Å²) in [6, 6.07) is 0.347. The van der Waals surface area contributed by atoms with Gasteiger partial charge in [0.15, 0.2) is 6.39 Å². The summed E-state index contributed by atoms with van der Waals surface area (Å²) in [6.07, 6.45) is 5.05. The number of amides is 1. The molecular weight excluding hydrogens is 306 g/mol. The Kier molecular flexibility index (Phi) is 3.66. The third-order valence-corrected chi connectivity index (χ3v) is 5.10. The molecule has 4 heterocycles. The topological polar surface area (TPSA) is 77.1 Å². The van der Waals surface area contributed by atoms with Crippen LogP contribution in [-0.2, 0) is 19.4 Å². The van der Waals surface area contributed by atoms with Gasteiger partial charge in [-0.05, 0) is 25.7 Å². The van der Waals surface area contributed by atoms with Crippen molar-refractivity contribution in [2.24, 2.45) is 5.92 Å². The number of carbonyl (C=O) groups is 1. The zero-order chi connectivity index (χ0) is 16.8. The van der Waals surface area contributed by atoms with E-state index in [2.05, 4.69) is 33.6 Å². The summed E-state index contributed by atoms with van der Waals surface area (Å²) in [6.45, 7) is 6.96. The Hall–Kier alpha value is -2.18. The lowest BCUT2D eigenvalue weighted by molar-refractivity contribution is 0.0631. The van der Waals surface area contributed by atoms with Crippen molar-refractivity contribution in [1.29, 1.82) is 0 Å². The first-order valence-electron chi connectivity index (χ1n) is 8.68. The Morgan fingerprint density at radius 2 is 2.12 bits per heavy atom. The maximum Gasteiger partial charge on any atom is 0.292 e. The van der Waals surface area contributed by atoms with Crippen molar-refractivity contribution in [2.75, 3.05) is 0 Å². The van der Waals surface area contributed by atoms with Crippen LogP contribution in [0.4, 0.5) is 0 Å². The predicted octanol–water partition coefficient (Wildman–Crippen LogP) is 2.00. The largest absolute Gasteiger partial charge is 0.438 e. The predicted molar refractivity (Wildman–Crippen MR) is 86.5 cm³/mol. The van der Waals surface area contributed by atoms with Gasteiger partial charge in [0.1, 0.15) is 11.6 Å². The quantitative estimate of drug-likeness (QED) is 0.861. The van der Waals surface area contributed by atoms with Gasteiger partial charge < -0.3 is 13.9 Å². The summed E-state index contributed by atoms with van der Waals surface area (Å²) in [5, 5.41) is 8.79. The number of aryl methyl sites for hydroxylation is 1. The molecule has 2 atom stereocenters. The van der Waals surface area contributed by atoms with Gasteiger partial charge in [-0.1, -0.05) is 13.8 Å². The minimum absolute atomic E-state index is 0.0402. The molecule has 2 aromatic heterocycles. The molecule has 1 saturated heterocycles. The fraction of sp³-hybridized carbons (Fsp3) is 0.647. The lowest BCUT2D eigenvalue weighted by Crippen LogP contribution is -2.42. The van der Waals surface area contributed by atoms with E-state index in [1.807, 2.05) is 11.8 Å². The normalized spacial score (nSPS) is 22.8. The number of hydrogen-bond donors (Lipinski definition) is 0. The van der Waals surface area contributed by atoms with E-state index < -0.39 is 0 Å². The Morgan fingerprint density at radius 1 is 1.33 bits per heavy atom. The maximum atomic E-state index is 13.0. The lowest BCUT2D eigenvalue weighted by Gasteiger charge is -2.27. The van der Waals surface area contributed by atoms with Gasteiger partial charge in [-0.15, -0.1) is 10.2 Å². The first-order chi connectivity index (χ1) is 11.5. The highest BCUT2D eigenvalue weighted by atomic mass is 16.3. The van der Waals surface area contributed by atoms with Crippen molar-refractivity contribution in [3.8, 4) is 0 Å². The van der Waals surface area contributed by atoms with Gasteiger partial charge >= 0.3 is 0 Å². The molecule has 2 bridgehead atoms. The van der Waals surface area contributed by atoms with E-state index >= 15 is 0 Å². The molecule has 128 valence electrons. The summed E-state index contributed by atoms with van der Waals surface area (Å²) in [5.41, 5.74) is 0.656. The van der Waals surface area contributed by atoms with Crippen LogP contribution in [0.25, 0.3) is 0 Å². The molecule has 0 radical (unpaired) electrons. The monoisotopic (exact) mass is 329 g/mol. The molecule has 0 N–H and O–H groups in total. The van der Waals surface area contributed by atoms with Crippen molar-refractivity contribution in [1.82, 2.24) is 24.6 Å². The van der Waals surface area contributed by atoms with Crippen LogP contribution in [0, 0.1) is 12.8 Å². The molecular formula is C17H23N5O2. The first-order valence-corrected chi connectivity index (χ1v) is 8.68. The number of hydrogen-bond acceptors (Lipinski definition) is 5. The molecule has 7 nitrogen and oxygen atoms in total. The Balaban J connectivity index is 1.64. The van der Waals surface area contributed by atoms with E-state index in [1.165, 1.54) is 6.39 Å². The van der Waals surface area contributed by atoms with Crippen LogP contribution < -0.4 is 0 Å². The van der Waals surface area contributed by atoms with E-state index in [1.54, 1.807) is 0 Å². The van der Waals surface area contributed by atoms with E-state index in [9.17, 15) is 4.79 Å². The molecule has 0 spiro atoms. The van der Waals surface area contributed by atoms with Crippen LogP contribution in [0.2, 0.25) is 0 Å². The summed E-state index contributed by atoms with van der Waals surface area (Å²) >= 11 is 0. The lowest BCUT2D eigenvalue weighted by atomic mass is 10.1. The van der Waals surface area contributed by atoms with Gasteiger partial charge in [0.05, 0.1) is 11.7 Å². The van der Waals surface area contributed by atoms with Crippen LogP contribution in [0.15, 0.2) is 10.8 Å². The molecule has 24 heavy (non-hydrogen) atoms. The molecule has 0 saturated carbocycles. The van der Waals surface area contributed by atoms with E-state index in [-0.39, 0.29) is 18.0 Å². The second-order valence-corrected chi connectivity index (χ2v) is 7.31. The molecule has 2 aliphatic rings. The van der Waals surface area contributed by atoms with Crippen LogP contribution in [0.5, 0.6) is 0 Å². The molecule has 0 unspecified atom stereocenters. The molecule has 4 rings (SSSR count). The number of rotatable bonds is 3. The second-order valence-electron chi connectivity index (χ2n) is 7.31. The third-order valence-electron chi connectivity index (χ3n) is 5.10. The third kappa shape index (κ3) is 2.42. The Labute approximate surface area is 141 Å². The van der Waals surface area contributed by atoms with E-state index in [4.69, 9.17) is 4.42 Å². The second kappa shape index (κ2) is 5.72. The fourth-order valence-corrected chi connectivity index (χ4v) is 3.97. The zero-order valence-corrected chi connectivity index (χ0v) is 14.4. The highest BCUT2D eigenvalue weighted by Crippen LogP contribution is 2.33. The Bertz CT molecular complexity index is 763. The molecule has 2 aliphatic heterocycles. The molecule has 2 aromatic rings. The van der Waals surface area contributed by atoms with Crippen molar-refractivity contribution in [3.05, 3.63) is 29.5 Å². The smallest absolute Gasteiger partial charge is 0.292 e. The maximum absolute atomic E-state index is 13.0. The minimum Gasteiger partial charge on any atom is -0.438 e. The molecule has 1 amide bonds. The van der Waals surface area contributed by atoms with Crippen LogP contribution in [0.3, 0.4) is 0 Å². The van der Waals surface area contributed by atoms with Crippen molar-refractivity contribution in [2.45, 2.75) is 65.1 Å². The van der Waals surface area contributed by atoms with Gasteiger partial charge in [0.2, 0.25) is 5.76 Å². The highest BCUT2D eigenvalue weighted by Gasteiger charge is 2.42. The fourth-order valence-electron chi connectivity index (χ4n) is 3.97. The highest BCUT2D eigenvalue weighted by molar-refractivity contribution is 5.93. The molecule has 7 heteroatoms. The Morgan fingerprint density at radius 3 is 2.83 bits per heavy atom. The number of carbonyl (C=O) groups excluding carboxylic acids is 1. The average molecular weight is 329 g/mol. The number of aromatic nitrogens is 4. The van der Waals surface area contributed by atoms with Gasteiger partial charge in [-0.2, -0.15) is 0 Å². The van der Waals surface area contributed by atoms with Crippen LogP contribution >= 0.6 is 0 Å². The summed E-state index contributed by atoms with van der Waals surface area (Å²) < 4.78 is 7.58. The van der Waals surface area contributed by atoms with Crippen molar-refractivity contribution >= 4 is 5.91 Å².